The van der Waals surface area contributed by atoms with E-state index < -0.39 is 0 Å². The van der Waals surface area contributed by atoms with Crippen LogP contribution < -0.4 is 11.5 Å². The standard InChI is InChI=1S/C19H42N2O8/c1-19(16-27-7-4-22,17-28-14-12-25-10-8-23-5-2-20)18-29-15-13-26-11-9-24-6-3-21/h22H,2-18,20-21H2,1H3. The zero-order chi connectivity index (χ0) is 21.5. The molecule has 0 radical (unpaired) electrons. The molecule has 0 bridgehead atoms. The van der Waals surface area contributed by atoms with Gasteiger partial charge in [-0.25, -0.2) is 0 Å². The van der Waals surface area contributed by atoms with Crippen molar-refractivity contribution in [1.82, 2.24) is 0 Å². The van der Waals surface area contributed by atoms with Crippen molar-refractivity contribution in [3.8, 4) is 0 Å². The molecule has 0 heterocycles. The van der Waals surface area contributed by atoms with Gasteiger partial charge < -0.3 is 49.7 Å². The zero-order valence-electron chi connectivity index (χ0n) is 18.0. The second-order valence-corrected chi connectivity index (χ2v) is 6.72. The van der Waals surface area contributed by atoms with Crippen LogP contribution >= 0.6 is 0 Å². The van der Waals surface area contributed by atoms with Gasteiger partial charge in [0.15, 0.2) is 0 Å². The first kappa shape index (κ1) is 28.6. The fourth-order valence-corrected chi connectivity index (χ4v) is 2.19. The highest BCUT2D eigenvalue weighted by molar-refractivity contribution is 4.73. The number of nitrogens with two attached hydrogens (primary N) is 2. The lowest BCUT2D eigenvalue weighted by molar-refractivity contribution is -0.0792. The van der Waals surface area contributed by atoms with Crippen LogP contribution in [0, 0.1) is 5.41 Å². The van der Waals surface area contributed by atoms with E-state index in [9.17, 15) is 0 Å². The molecule has 0 saturated carbocycles. The van der Waals surface area contributed by atoms with E-state index in [0.717, 1.165) is 0 Å². The van der Waals surface area contributed by atoms with E-state index in [-0.39, 0.29) is 18.6 Å². The van der Waals surface area contributed by atoms with Crippen LogP contribution in [0.3, 0.4) is 0 Å². The van der Waals surface area contributed by atoms with Crippen molar-refractivity contribution in [3.63, 3.8) is 0 Å². The number of rotatable bonds is 24. The lowest BCUT2D eigenvalue weighted by Crippen LogP contribution is -2.35. The molecule has 10 heteroatoms. The van der Waals surface area contributed by atoms with E-state index in [2.05, 4.69) is 0 Å². The van der Waals surface area contributed by atoms with E-state index >= 15 is 0 Å². The molecule has 0 rings (SSSR count). The number of hydrogen-bond acceptors (Lipinski definition) is 10. The Hall–Kier alpha value is -0.400. The summed E-state index contributed by atoms with van der Waals surface area (Å²) in [6.07, 6.45) is 0. The molecule has 0 unspecified atom stereocenters. The van der Waals surface area contributed by atoms with Crippen LogP contribution in [-0.2, 0) is 33.2 Å². The van der Waals surface area contributed by atoms with Crippen LogP contribution in [0.25, 0.3) is 0 Å². The Balaban J connectivity index is 3.84. The number of hydrogen-bond donors (Lipinski definition) is 3. The van der Waals surface area contributed by atoms with E-state index in [1.807, 2.05) is 6.92 Å². The quantitative estimate of drug-likeness (QED) is 0.165. The molecule has 0 atom stereocenters. The van der Waals surface area contributed by atoms with E-state index in [0.29, 0.717) is 99.0 Å². The summed E-state index contributed by atoms with van der Waals surface area (Å²) in [6, 6.07) is 0. The molecule has 0 saturated heterocycles. The van der Waals surface area contributed by atoms with E-state index in [4.69, 9.17) is 49.7 Å². The van der Waals surface area contributed by atoms with Gasteiger partial charge in [-0.05, 0) is 0 Å². The molecular formula is C19H42N2O8. The predicted molar refractivity (Wildman–Crippen MR) is 109 cm³/mol. The second-order valence-electron chi connectivity index (χ2n) is 6.72. The molecule has 0 aromatic heterocycles. The van der Waals surface area contributed by atoms with Crippen LogP contribution in [0.15, 0.2) is 0 Å². The molecule has 0 amide bonds. The Morgan fingerprint density at radius 3 is 1.17 bits per heavy atom. The first-order chi connectivity index (χ1) is 14.2. The molecule has 0 spiro atoms. The van der Waals surface area contributed by atoms with Crippen molar-refractivity contribution in [3.05, 3.63) is 0 Å². The predicted octanol–water partition coefficient (Wildman–Crippen LogP) is -0.981. The van der Waals surface area contributed by atoms with Crippen LogP contribution in [-0.4, -0.2) is 117 Å². The largest absolute Gasteiger partial charge is 0.394 e. The van der Waals surface area contributed by atoms with Gasteiger partial charge in [-0.1, -0.05) is 6.92 Å². The fourth-order valence-electron chi connectivity index (χ4n) is 2.19. The summed E-state index contributed by atoms with van der Waals surface area (Å²) in [6.45, 7) is 9.73. The van der Waals surface area contributed by atoms with Gasteiger partial charge in [-0.3, -0.25) is 0 Å². The van der Waals surface area contributed by atoms with Crippen molar-refractivity contribution >= 4 is 0 Å². The Morgan fingerprint density at radius 2 is 0.828 bits per heavy atom. The van der Waals surface area contributed by atoms with Crippen molar-refractivity contribution in [2.24, 2.45) is 16.9 Å². The summed E-state index contributed by atoms with van der Waals surface area (Å²) < 4.78 is 38.3. The van der Waals surface area contributed by atoms with Gasteiger partial charge >= 0.3 is 0 Å². The van der Waals surface area contributed by atoms with Gasteiger partial charge in [0.1, 0.15) is 0 Å². The van der Waals surface area contributed by atoms with Crippen molar-refractivity contribution < 1.29 is 38.3 Å². The molecule has 29 heavy (non-hydrogen) atoms. The maximum Gasteiger partial charge on any atom is 0.0701 e. The monoisotopic (exact) mass is 426 g/mol. The Labute approximate surface area is 175 Å². The number of aliphatic hydroxyl groups is 1. The summed E-state index contributed by atoms with van der Waals surface area (Å²) in [7, 11) is 0. The maximum absolute atomic E-state index is 8.91. The van der Waals surface area contributed by atoms with Gasteiger partial charge in [-0.15, -0.1) is 0 Å². The van der Waals surface area contributed by atoms with Gasteiger partial charge in [0, 0.05) is 18.5 Å². The first-order valence-corrected chi connectivity index (χ1v) is 10.2. The maximum atomic E-state index is 8.91. The van der Waals surface area contributed by atoms with Gasteiger partial charge in [-0.2, -0.15) is 0 Å². The highest BCUT2D eigenvalue weighted by Gasteiger charge is 2.25. The Morgan fingerprint density at radius 1 is 0.517 bits per heavy atom. The van der Waals surface area contributed by atoms with Gasteiger partial charge in [0.2, 0.25) is 0 Å². The first-order valence-electron chi connectivity index (χ1n) is 10.2. The third-order valence-electron chi connectivity index (χ3n) is 3.60. The van der Waals surface area contributed by atoms with Crippen LogP contribution in [0.5, 0.6) is 0 Å². The molecule has 0 fully saturated rings. The Kier molecular flexibility index (Phi) is 22.0. The number of aliphatic hydroxyl groups excluding tert-OH is 1. The van der Waals surface area contributed by atoms with E-state index in [1.165, 1.54) is 0 Å². The van der Waals surface area contributed by atoms with Gasteiger partial charge in [0.25, 0.3) is 0 Å². The minimum Gasteiger partial charge on any atom is -0.394 e. The summed E-state index contributed by atoms with van der Waals surface area (Å²) in [4.78, 5) is 0. The smallest absolute Gasteiger partial charge is 0.0701 e. The minimum atomic E-state index is -0.330. The number of ether oxygens (including phenoxy) is 7. The fraction of sp³-hybridized carbons (Fsp3) is 1.00. The van der Waals surface area contributed by atoms with Crippen molar-refractivity contribution in [1.29, 1.82) is 0 Å². The summed E-state index contributed by atoms with van der Waals surface area (Å²) >= 11 is 0. The lowest BCUT2D eigenvalue weighted by atomic mass is 9.94. The highest BCUT2D eigenvalue weighted by Crippen LogP contribution is 2.18. The third kappa shape index (κ3) is 20.6. The van der Waals surface area contributed by atoms with E-state index in [1.54, 1.807) is 0 Å². The van der Waals surface area contributed by atoms with Crippen LogP contribution in [0.4, 0.5) is 0 Å². The zero-order valence-corrected chi connectivity index (χ0v) is 18.0. The topological polar surface area (TPSA) is 137 Å². The molecule has 0 aliphatic heterocycles. The molecule has 0 aliphatic rings. The highest BCUT2D eigenvalue weighted by atomic mass is 16.6. The third-order valence-corrected chi connectivity index (χ3v) is 3.60. The molecule has 0 aliphatic carbocycles. The molecule has 176 valence electrons. The average molecular weight is 427 g/mol. The molecule has 5 N–H and O–H groups in total. The molecule has 0 aromatic rings. The molecule has 0 aromatic carbocycles. The second kappa shape index (κ2) is 22.3. The van der Waals surface area contributed by atoms with Crippen molar-refractivity contribution in [2.75, 3.05) is 112 Å². The molecular weight excluding hydrogens is 384 g/mol. The van der Waals surface area contributed by atoms with Gasteiger partial charge in [0.05, 0.1) is 99.1 Å². The Bertz CT molecular complexity index is 305. The van der Waals surface area contributed by atoms with Crippen LogP contribution in [0.1, 0.15) is 6.92 Å². The lowest BCUT2D eigenvalue weighted by Gasteiger charge is -2.29. The molecule has 10 nitrogen and oxygen atoms in total. The normalized spacial score (nSPS) is 12.0. The van der Waals surface area contributed by atoms with Crippen molar-refractivity contribution in [2.45, 2.75) is 6.92 Å². The summed E-state index contributed by atoms with van der Waals surface area (Å²) in [5.74, 6) is 0. The average Bonchev–Trinajstić information content (AvgIpc) is 2.72. The SMILES string of the molecule is CC(COCCO)(COCCOCCOCCN)COCCOCCOCCN. The van der Waals surface area contributed by atoms with Crippen LogP contribution in [0.2, 0.25) is 0 Å². The summed E-state index contributed by atoms with van der Waals surface area (Å²) in [5, 5.41) is 8.91. The minimum absolute atomic E-state index is 0.0159. The summed E-state index contributed by atoms with van der Waals surface area (Å²) in [5.41, 5.74) is 10.3.